The lowest BCUT2D eigenvalue weighted by Gasteiger charge is -2.26. The van der Waals surface area contributed by atoms with Crippen molar-refractivity contribution < 1.29 is 9.18 Å². The first kappa shape index (κ1) is 15.2. The van der Waals surface area contributed by atoms with Crippen LogP contribution in [0.2, 0.25) is 0 Å². The SMILES string of the molecule is CN(CCC(=O)c1ccc(F)cc1)C1CCCCCC1. The molecule has 0 atom stereocenters. The fourth-order valence-corrected chi connectivity index (χ4v) is 2.94. The fraction of sp³-hybridized carbons (Fsp3) is 0.588. The molecule has 0 bridgehead atoms. The Morgan fingerprint density at radius 2 is 1.75 bits per heavy atom. The first-order chi connectivity index (χ1) is 9.66. The van der Waals surface area contributed by atoms with Gasteiger partial charge in [0.1, 0.15) is 5.82 Å². The van der Waals surface area contributed by atoms with Gasteiger partial charge in [-0.1, -0.05) is 25.7 Å². The summed E-state index contributed by atoms with van der Waals surface area (Å²) in [5, 5.41) is 0. The molecule has 1 fully saturated rings. The molecule has 0 saturated heterocycles. The van der Waals surface area contributed by atoms with Crippen molar-refractivity contribution in [3.05, 3.63) is 35.6 Å². The van der Waals surface area contributed by atoms with Gasteiger partial charge in [0, 0.05) is 24.6 Å². The summed E-state index contributed by atoms with van der Waals surface area (Å²) in [6.45, 7) is 0.793. The van der Waals surface area contributed by atoms with Crippen LogP contribution in [0.25, 0.3) is 0 Å². The van der Waals surface area contributed by atoms with Crippen molar-refractivity contribution in [2.75, 3.05) is 13.6 Å². The Labute approximate surface area is 121 Å². The highest BCUT2D eigenvalue weighted by molar-refractivity contribution is 5.96. The van der Waals surface area contributed by atoms with Crippen molar-refractivity contribution in [3.63, 3.8) is 0 Å². The molecule has 2 nitrogen and oxygen atoms in total. The average Bonchev–Trinajstić information content (AvgIpc) is 2.74. The van der Waals surface area contributed by atoms with E-state index in [2.05, 4.69) is 11.9 Å². The first-order valence-corrected chi connectivity index (χ1v) is 7.66. The number of carbonyl (C=O) groups is 1. The van der Waals surface area contributed by atoms with E-state index in [4.69, 9.17) is 0 Å². The molecule has 0 amide bonds. The zero-order valence-corrected chi connectivity index (χ0v) is 12.3. The maximum atomic E-state index is 12.8. The minimum absolute atomic E-state index is 0.102. The first-order valence-electron chi connectivity index (χ1n) is 7.66. The average molecular weight is 277 g/mol. The predicted octanol–water partition coefficient (Wildman–Crippen LogP) is 4.05. The van der Waals surface area contributed by atoms with Crippen LogP contribution in [0, 0.1) is 5.82 Å². The number of hydrogen-bond donors (Lipinski definition) is 0. The fourth-order valence-electron chi connectivity index (χ4n) is 2.94. The van der Waals surface area contributed by atoms with E-state index in [9.17, 15) is 9.18 Å². The van der Waals surface area contributed by atoms with Gasteiger partial charge in [-0.15, -0.1) is 0 Å². The van der Waals surface area contributed by atoms with Gasteiger partial charge in [0.15, 0.2) is 5.78 Å². The molecular formula is C17H24FNO. The minimum Gasteiger partial charge on any atom is -0.303 e. The lowest BCUT2D eigenvalue weighted by Crippen LogP contribution is -2.33. The van der Waals surface area contributed by atoms with Crippen molar-refractivity contribution >= 4 is 5.78 Å². The highest BCUT2D eigenvalue weighted by atomic mass is 19.1. The third-order valence-corrected chi connectivity index (χ3v) is 4.31. The molecule has 1 aliphatic rings. The minimum atomic E-state index is -0.294. The smallest absolute Gasteiger partial charge is 0.164 e. The van der Waals surface area contributed by atoms with Crippen LogP contribution >= 0.6 is 0 Å². The molecule has 1 saturated carbocycles. The van der Waals surface area contributed by atoms with Gasteiger partial charge in [-0.25, -0.2) is 4.39 Å². The van der Waals surface area contributed by atoms with Crippen LogP contribution in [0.1, 0.15) is 55.3 Å². The van der Waals surface area contributed by atoms with Gasteiger partial charge in [-0.2, -0.15) is 0 Å². The van der Waals surface area contributed by atoms with Crippen LogP contribution in [-0.2, 0) is 0 Å². The van der Waals surface area contributed by atoms with Gasteiger partial charge >= 0.3 is 0 Å². The van der Waals surface area contributed by atoms with Gasteiger partial charge in [-0.3, -0.25) is 4.79 Å². The summed E-state index contributed by atoms with van der Waals surface area (Å²) in [5.41, 5.74) is 0.612. The summed E-state index contributed by atoms with van der Waals surface area (Å²) in [6.07, 6.45) is 8.32. The van der Waals surface area contributed by atoms with E-state index in [0.29, 0.717) is 18.0 Å². The van der Waals surface area contributed by atoms with Crippen LogP contribution in [0.4, 0.5) is 4.39 Å². The Morgan fingerprint density at radius 3 is 2.35 bits per heavy atom. The van der Waals surface area contributed by atoms with Gasteiger partial charge in [0.05, 0.1) is 0 Å². The summed E-state index contributed by atoms with van der Waals surface area (Å²) in [6, 6.07) is 6.47. The number of carbonyl (C=O) groups excluding carboxylic acids is 1. The molecular weight excluding hydrogens is 253 g/mol. The van der Waals surface area contributed by atoms with Crippen LogP contribution in [0.15, 0.2) is 24.3 Å². The van der Waals surface area contributed by atoms with E-state index in [1.54, 1.807) is 12.1 Å². The van der Waals surface area contributed by atoms with Crippen LogP contribution in [0.5, 0.6) is 0 Å². The summed E-state index contributed by atoms with van der Waals surface area (Å²) < 4.78 is 12.8. The van der Waals surface area contributed by atoms with E-state index in [1.807, 2.05) is 0 Å². The molecule has 1 aliphatic carbocycles. The number of benzene rings is 1. The quantitative estimate of drug-likeness (QED) is 0.597. The van der Waals surface area contributed by atoms with Crippen LogP contribution in [-0.4, -0.2) is 30.3 Å². The maximum Gasteiger partial charge on any atom is 0.164 e. The molecule has 0 unspecified atom stereocenters. The van der Waals surface area contributed by atoms with Gasteiger partial charge in [0.2, 0.25) is 0 Å². The van der Waals surface area contributed by atoms with Crippen molar-refractivity contribution in [1.82, 2.24) is 4.90 Å². The summed E-state index contributed by atoms with van der Waals surface area (Å²) in [5.74, 6) is -0.192. The van der Waals surface area contributed by atoms with Gasteiger partial charge < -0.3 is 4.90 Å². The van der Waals surface area contributed by atoms with Crippen molar-refractivity contribution in [2.24, 2.45) is 0 Å². The Morgan fingerprint density at radius 1 is 1.15 bits per heavy atom. The normalized spacial score (nSPS) is 17.1. The monoisotopic (exact) mass is 277 g/mol. The third kappa shape index (κ3) is 4.41. The second-order valence-electron chi connectivity index (χ2n) is 5.81. The Bertz CT molecular complexity index is 421. The molecule has 1 aromatic rings. The number of hydrogen-bond acceptors (Lipinski definition) is 2. The molecule has 0 N–H and O–H groups in total. The maximum absolute atomic E-state index is 12.8. The predicted molar refractivity (Wildman–Crippen MR) is 79.5 cm³/mol. The zero-order valence-electron chi connectivity index (χ0n) is 12.3. The lowest BCUT2D eigenvalue weighted by molar-refractivity contribution is 0.0957. The molecule has 20 heavy (non-hydrogen) atoms. The number of rotatable bonds is 5. The number of nitrogens with zero attached hydrogens (tertiary/aromatic N) is 1. The molecule has 2 rings (SSSR count). The summed E-state index contributed by atoms with van der Waals surface area (Å²) in [7, 11) is 2.12. The van der Waals surface area contributed by atoms with E-state index in [1.165, 1.54) is 50.7 Å². The van der Waals surface area contributed by atoms with Crippen molar-refractivity contribution in [2.45, 2.75) is 51.0 Å². The largest absolute Gasteiger partial charge is 0.303 e. The van der Waals surface area contributed by atoms with Crippen molar-refractivity contribution in [3.8, 4) is 0 Å². The van der Waals surface area contributed by atoms with Crippen LogP contribution in [0.3, 0.4) is 0 Å². The highest BCUT2D eigenvalue weighted by Crippen LogP contribution is 2.21. The van der Waals surface area contributed by atoms with Crippen molar-refractivity contribution in [1.29, 1.82) is 0 Å². The van der Waals surface area contributed by atoms with E-state index in [-0.39, 0.29) is 11.6 Å². The molecule has 0 aliphatic heterocycles. The van der Waals surface area contributed by atoms with Gasteiger partial charge in [-0.05, 0) is 44.2 Å². The van der Waals surface area contributed by atoms with Gasteiger partial charge in [0.25, 0.3) is 0 Å². The number of Topliss-reactive ketones (excluding diaryl/α,β-unsaturated/α-hetero) is 1. The van der Waals surface area contributed by atoms with E-state index < -0.39 is 0 Å². The second-order valence-corrected chi connectivity index (χ2v) is 5.81. The highest BCUT2D eigenvalue weighted by Gasteiger charge is 2.17. The topological polar surface area (TPSA) is 20.3 Å². The summed E-state index contributed by atoms with van der Waals surface area (Å²) >= 11 is 0. The Kier molecular flexibility index (Phi) is 5.72. The molecule has 1 aromatic carbocycles. The Balaban J connectivity index is 1.81. The molecule has 0 heterocycles. The van der Waals surface area contributed by atoms with E-state index >= 15 is 0 Å². The standard InChI is InChI=1S/C17H24FNO/c1-19(16-6-4-2-3-5-7-16)13-12-17(20)14-8-10-15(18)11-9-14/h8-11,16H,2-7,12-13H2,1H3. The van der Waals surface area contributed by atoms with Crippen LogP contribution < -0.4 is 0 Å². The third-order valence-electron chi connectivity index (χ3n) is 4.31. The number of ketones is 1. The molecule has 0 radical (unpaired) electrons. The lowest BCUT2D eigenvalue weighted by atomic mass is 10.1. The molecule has 0 aromatic heterocycles. The molecule has 3 heteroatoms. The summed E-state index contributed by atoms with van der Waals surface area (Å²) in [4.78, 5) is 14.4. The molecule has 110 valence electrons. The number of halogens is 1. The zero-order chi connectivity index (χ0) is 14.4. The van der Waals surface area contributed by atoms with E-state index in [0.717, 1.165) is 6.54 Å². The second kappa shape index (κ2) is 7.53. The Hall–Kier alpha value is -1.22. The molecule has 0 spiro atoms.